The average Bonchev–Trinajstić information content (AvgIpc) is 3.23. The number of carbonyl (C=O) groups excluding carboxylic acids is 2. The summed E-state index contributed by atoms with van der Waals surface area (Å²) in [5, 5.41) is 12.2. The molecule has 0 unspecified atom stereocenters. The molecular formula is C21H21N5O2S. The molecule has 1 fully saturated rings. The van der Waals surface area contributed by atoms with E-state index in [0.717, 1.165) is 17.1 Å². The van der Waals surface area contributed by atoms with Gasteiger partial charge in [0.25, 0.3) is 5.91 Å². The van der Waals surface area contributed by atoms with Crippen LogP contribution >= 0.6 is 11.8 Å². The second-order valence-electron chi connectivity index (χ2n) is 7.20. The van der Waals surface area contributed by atoms with Gasteiger partial charge in [0.05, 0.1) is 0 Å². The van der Waals surface area contributed by atoms with Crippen molar-refractivity contribution >= 4 is 23.7 Å². The first-order valence-electron chi connectivity index (χ1n) is 9.30. The Balaban J connectivity index is 1.58. The molecule has 3 aromatic rings. The monoisotopic (exact) mass is 407 g/mol. The molecular weight excluding hydrogens is 386 g/mol. The van der Waals surface area contributed by atoms with Crippen LogP contribution < -0.4 is 5.32 Å². The van der Waals surface area contributed by atoms with Crippen LogP contribution in [-0.4, -0.2) is 49.4 Å². The van der Waals surface area contributed by atoms with Crippen LogP contribution in [0, 0.1) is 0 Å². The third-order valence-electron chi connectivity index (χ3n) is 4.67. The van der Waals surface area contributed by atoms with Crippen LogP contribution in [0.25, 0.3) is 17.1 Å². The molecule has 7 nitrogen and oxygen atoms in total. The van der Waals surface area contributed by atoms with E-state index in [1.807, 2.05) is 65.2 Å². The lowest BCUT2D eigenvalue weighted by Crippen LogP contribution is -2.40. The first kappa shape index (κ1) is 19.2. The molecule has 0 bridgehead atoms. The number of carbonyl (C=O) groups is 2. The van der Waals surface area contributed by atoms with Crippen LogP contribution in [0.3, 0.4) is 0 Å². The fraction of sp³-hybridized carbons (Fsp3) is 0.238. The van der Waals surface area contributed by atoms with E-state index in [2.05, 4.69) is 15.5 Å². The summed E-state index contributed by atoms with van der Waals surface area (Å²) >= 11 is 1.46. The van der Waals surface area contributed by atoms with Crippen molar-refractivity contribution in [2.45, 2.75) is 24.5 Å². The van der Waals surface area contributed by atoms with Crippen molar-refractivity contribution in [3.8, 4) is 17.1 Å². The lowest BCUT2D eigenvalue weighted by molar-refractivity contribution is -0.130. The summed E-state index contributed by atoms with van der Waals surface area (Å²) in [4.78, 5) is 25.7. The minimum absolute atomic E-state index is 0.211. The molecule has 0 aliphatic carbocycles. The molecule has 4 rings (SSSR count). The first-order chi connectivity index (χ1) is 14.0. The molecule has 1 aliphatic rings. The van der Waals surface area contributed by atoms with Gasteiger partial charge in [-0.2, -0.15) is 0 Å². The van der Waals surface area contributed by atoms with Gasteiger partial charge >= 0.3 is 6.03 Å². The number of nitrogens with one attached hydrogen (secondary N) is 1. The van der Waals surface area contributed by atoms with Crippen molar-refractivity contribution in [3.05, 3.63) is 60.7 Å². The van der Waals surface area contributed by atoms with E-state index >= 15 is 0 Å². The molecule has 1 saturated heterocycles. The third-order valence-corrected chi connectivity index (χ3v) is 5.58. The molecule has 0 saturated carbocycles. The van der Waals surface area contributed by atoms with Crippen LogP contribution in [0.1, 0.15) is 13.8 Å². The van der Waals surface area contributed by atoms with Gasteiger partial charge in [-0.05, 0) is 26.0 Å². The van der Waals surface area contributed by atoms with E-state index in [9.17, 15) is 9.59 Å². The molecule has 0 atom stereocenters. The molecule has 0 spiro atoms. The minimum atomic E-state index is -0.855. The minimum Gasteiger partial charge on any atom is -0.324 e. The normalized spacial score (nSPS) is 15.6. The van der Waals surface area contributed by atoms with Gasteiger partial charge < -0.3 is 5.32 Å². The second kappa shape index (κ2) is 7.71. The molecule has 3 amide bonds. The highest BCUT2D eigenvalue weighted by Crippen LogP contribution is 2.28. The molecule has 29 heavy (non-hydrogen) atoms. The largest absolute Gasteiger partial charge is 0.325 e. The molecule has 2 heterocycles. The second-order valence-corrected chi connectivity index (χ2v) is 8.27. The maximum absolute atomic E-state index is 12.4. The number of rotatable bonds is 6. The fourth-order valence-electron chi connectivity index (χ4n) is 3.20. The van der Waals surface area contributed by atoms with Crippen molar-refractivity contribution in [3.63, 3.8) is 0 Å². The maximum Gasteiger partial charge on any atom is 0.325 e. The van der Waals surface area contributed by atoms with Crippen LogP contribution in [0.2, 0.25) is 0 Å². The van der Waals surface area contributed by atoms with Gasteiger partial charge in [0.15, 0.2) is 11.0 Å². The number of aromatic nitrogens is 3. The topological polar surface area (TPSA) is 80.1 Å². The highest BCUT2D eigenvalue weighted by atomic mass is 32.2. The number of para-hydroxylation sites is 1. The zero-order valence-electron chi connectivity index (χ0n) is 16.2. The Labute approximate surface area is 173 Å². The number of urea groups is 1. The lowest BCUT2D eigenvalue weighted by atomic mass is 10.1. The Morgan fingerprint density at radius 3 is 2.24 bits per heavy atom. The number of thioether (sulfide) groups is 1. The summed E-state index contributed by atoms with van der Waals surface area (Å²) < 4.78 is 2.00. The van der Waals surface area contributed by atoms with E-state index in [1.165, 1.54) is 16.7 Å². The Morgan fingerprint density at radius 2 is 1.62 bits per heavy atom. The van der Waals surface area contributed by atoms with Gasteiger partial charge in [-0.1, -0.05) is 60.3 Å². The number of nitrogens with zero attached hydrogens (tertiary/aromatic N) is 4. The predicted molar refractivity (Wildman–Crippen MR) is 112 cm³/mol. The number of benzene rings is 2. The molecule has 148 valence electrons. The maximum atomic E-state index is 12.4. The molecule has 1 N–H and O–H groups in total. The fourth-order valence-corrected chi connectivity index (χ4v) is 4.07. The molecule has 1 aliphatic heterocycles. The van der Waals surface area contributed by atoms with Crippen molar-refractivity contribution in [1.82, 2.24) is 25.0 Å². The standard InChI is InChI=1S/C21H21N5O2S/c1-21(2)18(27)25(19(28)22-21)13-14-29-20-24-23-17(15-9-5-3-6-10-15)26(20)16-11-7-4-8-12-16/h3-12H,13-14H2,1-2H3,(H,22,28). The van der Waals surface area contributed by atoms with Gasteiger partial charge in [0, 0.05) is 23.5 Å². The van der Waals surface area contributed by atoms with E-state index < -0.39 is 5.54 Å². The van der Waals surface area contributed by atoms with Gasteiger partial charge in [0.1, 0.15) is 5.54 Å². The quantitative estimate of drug-likeness (QED) is 0.501. The van der Waals surface area contributed by atoms with Crippen LogP contribution in [-0.2, 0) is 4.79 Å². The van der Waals surface area contributed by atoms with Gasteiger partial charge in [-0.15, -0.1) is 10.2 Å². The van der Waals surface area contributed by atoms with Crippen molar-refractivity contribution in [1.29, 1.82) is 0 Å². The lowest BCUT2D eigenvalue weighted by Gasteiger charge is -2.15. The summed E-state index contributed by atoms with van der Waals surface area (Å²) in [5.74, 6) is 1.06. The summed E-state index contributed by atoms with van der Waals surface area (Å²) in [6, 6.07) is 19.4. The van der Waals surface area contributed by atoms with Crippen LogP contribution in [0.5, 0.6) is 0 Å². The molecule has 8 heteroatoms. The summed E-state index contributed by atoms with van der Waals surface area (Å²) in [6.07, 6.45) is 0. The predicted octanol–water partition coefficient (Wildman–Crippen LogP) is 3.36. The number of imide groups is 1. The Morgan fingerprint density at radius 1 is 0.966 bits per heavy atom. The molecule has 2 aromatic carbocycles. The van der Waals surface area contributed by atoms with Gasteiger partial charge in [-0.3, -0.25) is 14.3 Å². The van der Waals surface area contributed by atoms with E-state index in [4.69, 9.17) is 0 Å². The smallest absolute Gasteiger partial charge is 0.324 e. The van der Waals surface area contributed by atoms with Crippen molar-refractivity contribution in [2.75, 3.05) is 12.3 Å². The zero-order valence-corrected chi connectivity index (χ0v) is 17.0. The Bertz CT molecular complexity index is 1030. The Hall–Kier alpha value is -3.13. The van der Waals surface area contributed by atoms with E-state index in [0.29, 0.717) is 17.5 Å². The first-order valence-corrected chi connectivity index (χ1v) is 10.3. The van der Waals surface area contributed by atoms with Crippen LogP contribution in [0.15, 0.2) is 65.8 Å². The molecule has 1 aromatic heterocycles. The highest BCUT2D eigenvalue weighted by Gasteiger charge is 2.43. The zero-order chi connectivity index (χ0) is 20.4. The number of hydrogen-bond donors (Lipinski definition) is 1. The van der Waals surface area contributed by atoms with Gasteiger partial charge in [-0.25, -0.2) is 4.79 Å². The van der Waals surface area contributed by atoms with Gasteiger partial charge in [0.2, 0.25) is 0 Å². The summed E-state index contributed by atoms with van der Waals surface area (Å²) in [5.41, 5.74) is 1.06. The Kier molecular flexibility index (Phi) is 5.10. The SMILES string of the molecule is CC1(C)NC(=O)N(CCSc2nnc(-c3ccccc3)n2-c2ccccc2)C1=O. The van der Waals surface area contributed by atoms with Crippen molar-refractivity contribution < 1.29 is 9.59 Å². The number of amides is 3. The number of hydrogen-bond acceptors (Lipinski definition) is 5. The average molecular weight is 407 g/mol. The van der Waals surface area contributed by atoms with Crippen molar-refractivity contribution in [2.24, 2.45) is 0 Å². The third kappa shape index (κ3) is 3.75. The van der Waals surface area contributed by atoms with E-state index in [1.54, 1.807) is 13.8 Å². The van der Waals surface area contributed by atoms with E-state index in [-0.39, 0.29) is 11.9 Å². The summed E-state index contributed by atoms with van der Waals surface area (Å²) in [7, 11) is 0. The van der Waals surface area contributed by atoms with Crippen LogP contribution in [0.4, 0.5) is 4.79 Å². The summed E-state index contributed by atoms with van der Waals surface area (Å²) in [6.45, 7) is 3.72. The highest BCUT2D eigenvalue weighted by molar-refractivity contribution is 7.99. The molecule has 0 radical (unpaired) electrons.